The van der Waals surface area contributed by atoms with Gasteiger partial charge in [0, 0.05) is 7.26 Å². The van der Waals surface area contributed by atoms with Crippen LogP contribution in [0.4, 0.5) is 0 Å². The second kappa shape index (κ2) is 51.5. The number of unbranched alkanes of at least 4 members (excludes halogenated alkanes) is 45. The van der Waals surface area contributed by atoms with Crippen molar-refractivity contribution in [2.75, 3.05) is 24.6 Å². The lowest BCUT2D eigenvalue weighted by molar-refractivity contribution is -0.136. The molecule has 0 saturated heterocycles. The summed E-state index contributed by atoms with van der Waals surface area (Å²) >= 11 is 0. The van der Waals surface area contributed by atoms with Crippen LogP contribution in [0.3, 0.4) is 0 Å². The molecule has 0 rings (SSSR count). The third-order valence-electron chi connectivity index (χ3n) is 14.3. The maximum Gasteiger partial charge on any atom is 0.307 e. The molecule has 0 heterocycles. The molecule has 0 amide bonds. The standard InChI is InChI=1S/C57H115O2P/c1-4-7-10-13-16-19-22-25-28-31-34-37-40-43-46-49-53-60(56-52-57(58)59,54-50-47-44-41-38-35-32-29-26-23-20-17-14-11-8-5-2)55-51-48-45-42-39-36-33-30-27-24-21-18-15-12-9-6-3/h4-56H2,1-3H3/p+1. The Balaban J connectivity index is 4.50. The SMILES string of the molecule is CCCCCCCCCCCCCCCCCC[P+](CCCCCCCCCCCCCCCCCC)(CCCCCCCCCCCCCCCCCC)CCC(=O)O. The van der Waals surface area contributed by atoms with Gasteiger partial charge >= 0.3 is 5.97 Å². The zero-order valence-corrected chi connectivity index (χ0v) is 43.2. The summed E-state index contributed by atoms with van der Waals surface area (Å²) < 4.78 is 0. The molecular formula is C57H116O2P+. The van der Waals surface area contributed by atoms with Crippen molar-refractivity contribution < 1.29 is 9.90 Å². The maximum atomic E-state index is 11.9. The van der Waals surface area contributed by atoms with E-state index in [1.807, 2.05) is 0 Å². The normalized spacial score (nSPS) is 11.9. The van der Waals surface area contributed by atoms with Crippen molar-refractivity contribution in [2.24, 2.45) is 0 Å². The average Bonchev–Trinajstić information content (AvgIpc) is 3.25. The predicted octanol–water partition coefficient (Wildman–Crippen LogP) is 21.3. The van der Waals surface area contributed by atoms with Gasteiger partial charge in [0.25, 0.3) is 0 Å². The topological polar surface area (TPSA) is 37.3 Å². The van der Waals surface area contributed by atoms with Crippen molar-refractivity contribution in [2.45, 2.75) is 335 Å². The second-order valence-corrected chi connectivity index (χ2v) is 24.8. The smallest absolute Gasteiger partial charge is 0.307 e. The summed E-state index contributed by atoms with van der Waals surface area (Å²) in [6, 6.07) is 0. The molecular weight excluding hydrogens is 748 g/mol. The van der Waals surface area contributed by atoms with Crippen LogP contribution in [0.25, 0.3) is 0 Å². The monoisotopic (exact) mass is 864 g/mol. The molecule has 0 aromatic carbocycles. The molecule has 60 heavy (non-hydrogen) atoms. The number of hydrogen-bond donors (Lipinski definition) is 1. The Kier molecular flexibility index (Phi) is 51.4. The zero-order valence-electron chi connectivity index (χ0n) is 42.3. The van der Waals surface area contributed by atoms with E-state index in [9.17, 15) is 9.90 Å². The molecule has 0 bridgehead atoms. The van der Waals surface area contributed by atoms with E-state index >= 15 is 0 Å². The molecule has 0 aromatic rings. The van der Waals surface area contributed by atoms with E-state index in [1.165, 1.54) is 327 Å². The van der Waals surface area contributed by atoms with E-state index in [0.717, 1.165) is 6.16 Å². The molecule has 0 fully saturated rings. The highest BCUT2D eigenvalue weighted by Crippen LogP contribution is 2.61. The lowest BCUT2D eigenvalue weighted by atomic mass is 10.0. The highest BCUT2D eigenvalue weighted by molar-refractivity contribution is 7.75. The van der Waals surface area contributed by atoms with E-state index in [0.29, 0.717) is 6.42 Å². The van der Waals surface area contributed by atoms with Crippen LogP contribution in [0, 0.1) is 0 Å². The molecule has 360 valence electrons. The molecule has 0 saturated carbocycles. The van der Waals surface area contributed by atoms with E-state index in [-0.39, 0.29) is 0 Å². The summed E-state index contributed by atoms with van der Waals surface area (Å²) in [6.07, 6.45) is 74.0. The molecule has 3 heteroatoms. The lowest BCUT2D eigenvalue weighted by Gasteiger charge is -2.28. The van der Waals surface area contributed by atoms with Crippen LogP contribution in [-0.4, -0.2) is 35.7 Å². The maximum absolute atomic E-state index is 11.9. The van der Waals surface area contributed by atoms with Crippen LogP contribution < -0.4 is 0 Å². The molecule has 0 aliphatic rings. The summed E-state index contributed by atoms with van der Waals surface area (Å²) in [6.45, 7) is 6.93. The van der Waals surface area contributed by atoms with Crippen molar-refractivity contribution in [1.29, 1.82) is 0 Å². The minimum Gasteiger partial charge on any atom is -0.481 e. The Morgan fingerprint density at radius 3 is 0.550 bits per heavy atom. The largest absolute Gasteiger partial charge is 0.481 e. The van der Waals surface area contributed by atoms with Crippen molar-refractivity contribution >= 4 is 13.2 Å². The van der Waals surface area contributed by atoms with Crippen LogP contribution in [0.2, 0.25) is 0 Å². The lowest BCUT2D eigenvalue weighted by Crippen LogP contribution is -2.15. The van der Waals surface area contributed by atoms with E-state index in [4.69, 9.17) is 0 Å². The Labute approximate surface area is 381 Å². The minimum absolute atomic E-state index is 0.421. The van der Waals surface area contributed by atoms with Gasteiger partial charge in [0.15, 0.2) is 0 Å². The van der Waals surface area contributed by atoms with Gasteiger partial charge in [0.05, 0.1) is 31.1 Å². The predicted molar refractivity (Wildman–Crippen MR) is 277 cm³/mol. The van der Waals surface area contributed by atoms with Gasteiger partial charge < -0.3 is 5.11 Å². The highest BCUT2D eigenvalue weighted by atomic mass is 31.2. The van der Waals surface area contributed by atoms with Crippen molar-refractivity contribution in [3.8, 4) is 0 Å². The molecule has 0 aliphatic heterocycles. The fraction of sp³-hybridized carbons (Fsp3) is 0.982. The fourth-order valence-electron chi connectivity index (χ4n) is 9.99. The molecule has 0 unspecified atom stereocenters. The molecule has 2 nitrogen and oxygen atoms in total. The van der Waals surface area contributed by atoms with Crippen LogP contribution in [0.1, 0.15) is 335 Å². The number of hydrogen-bond acceptors (Lipinski definition) is 1. The van der Waals surface area contributed by atoms with Gasteiger partial charge in [-0.2, -0.15) is 0 Å². The molecule has 0 aromatic heterocycles. The first-order valence-corrected chi connectivity index (χ1v) is 31.2. The van der Waals surface area contributed by atoms with Gasteiger partial charge in [-0.05, 0) is 38.5 Å². The van der Waals surface area contributed by atoms with E-state index in [1.54, 1.807) is 0 Å². The first-order valence-electron chi connectivity index (χ1n) is 28.7. The van der Waals surface area contributed by atoms with Gasteiger partial charge in [-0.15, -0.1) is 0 Å². The number of carboxylic acid groups (broad SMARTS) is 1. The molecule has 1 N–H and O–H groups in total. The minimum atomic E-state index is -1.20. The first-order chi connectivity index (χ1) is 29.6. The zero-order chi connectivity index (χ0) is 43.6. The van der Waals surface area contributed by atoms with Gasteiger partial charge in [0.2, 0.25) is 0 Å². The summed E-state index contributed by atoms with van der Waals surface area (Å²) in [5.41, 5.74) is 0. The summed E-state index contributed by atoms with van der Waals surface area (Å²) in [4.78, 5) is 11.9. The van der Waals surface area contributed by atoms with Crippen LogP contribution >= 0.6 is 7.26 Å². The van der Waals surface area contributed by atoms with E-state index in [2.05, 4.69) is 20.8 Å². The number of carboxylic acids is 1. The Morgan fingerprint density at radius 1 is 0.250 bits per heavy atom. The van der Waals surface area contributed by atoms with Crippen LogP contribution in [-0.2, 0) is 4.79 Å². The van der Waals surface area contributed by atoms with E-state index < -0.39 is 13.2 Å². The van der Waals surface area contributed by atoms with Crippen molar-refractivity contribution in [3.05, 3.63) is 0 Å². The summed E-state index contributed by atoms with van der Waals surface area (Å²) in [7, 11) is -1.20. The number of carbonyl (C=O) groups is 1. The van der Waals surface area contributed by atoms with Gasteiger partial charge in [-0.1, -0.05) is 290 Å². The molecule has 0 spiro atoms. The molecule has 0 radical (unpaired) electrons. The van der Waals surface area contributed by atoms with Crippen molar-refractivity contribution in [3.63, 3.8) is 0 Å². The average molecular weight is 865 g/mol. The van der Waals surface area contributed by atoms with Crippen LogP contribution in [0.15, 0.2) is 0 Å². The number of rotatable bonds is 54. The third kappa shape index (κ3) is 47.4. The highest BCUT2D eigenvalue weighted by Gasteiger charge is 2.36. The second-order valence-electron chi connectivity index (χ2n) is 20.3. The van der Waals surface area contributed by atoms with Crippen molar-refractivity contribution in [1.82, 2.24) is 0 Å². The summed E-state index contributed by atoms with van der Waals surface area (Å²) in [5.74, 6) is -0.551. The first kappa shape index (κ1) is 59.9. The summed E-state index contributed by atoms with van der Waals surface area (Å²) in [5, 5.41) is 9.83. The van der Waals surface area contributed by atoms with Gasteiger partial charge in [-0.3, -0.25) is 4.79 Å². The number of aliphatic carboxylic acids is 1. The van der Waals surface area contributed by atoms with Gasteiger partial charge in [-0.25, -0.2) is 0 Å². The van der Waals surface area contributed by atoms with Gasteiger partial charge in [0.1, 0.15) is 0 Å². The molecule has 0 aliphatic carbocycles. The third-order valence-corrected chi connectivity index (χ3v) is 19.2. The van der Waals surface area contributed by atoms with Crippen LogP contribution in [0.5, 0.6) is 0 Å². The Bertz CT molecular complexity index is 709. The Morgan fingerprint density at radius 2 is 0.400 bits per heavy atom. The Hall–Kier alpha value is -0.100. The quantitative estimate of drug-likeness (QED) is 0.0489. The fourth-order valence-corrected chi connectivity index (χ4v) is 14.7. The molecule has 0 atom stereocenters.